The standard InChI is InChI=1S/C16H20N4OS/c1-19(2)13-9-22-14-7-17-12(6-11(13)14)16(21)18-15-5-10-3-4-20(15)8-10/h6-7,9-10,15H,3-5,8H2,1-2H3,(H,18,21). The third kappa shape index (κ3) is 2.27. The van der Waals surface area contributed by atoms with Crippen molar-refractivity contribution >= 4 is 33.0 Å². The number of amides is 1. The van der Waals surface area contributed by atoms with Gasteiger partial charge in [0.2, 0.25) is 0 Å². The van der Waals surface area contributed by atoms with Crippen molar-refractivity contribution in [3.63, 3.8) is 0 Å². The van der Waals surface area contributed by atoms with Gasteiger partial charge in [-0.1, -0.05) is 0 Å². The molecule has 22 heavy (non-hydrogen) atoms. The molecule has 2 aromatic heterocycles. The zero-order valence-corrected chi connectivity index (χ0v) is 13.7. The molecule has 2 aliphatic heterocycles. The van der Waals surface area contributed by atoms with Gasteiger partial charge in [0.25, 0.3) is 5.91 Å². The number of anilines is 1. The van der Waals surface area contributed by atoms with E-state index in [9.17, 15) is 4.79 Å². The molecule has 1 amide bonds. The van der Waals surface area contributed by atoms with Crippen LogP contribution in [0, 0.1) is 5.92 Å². The first kappa shape index (κ1) is 14.0. The first-order chi connectivity index (χ1) is 10.6. The number of hydrogen-bond acceptors (Lipinski definition) is 5. The molecule has 0 aromatic carbocycles. The Hall–Kier alpha value is -1.66. The van der Waals surface area contributed by atoms with Crippen LogP contribution in [0.15, 0.2) is 17.6 Å². The van der Waals surface area contributed by atoms with Gasteiger partial charge in [-0.2, -0.15) is 0 Å². The van der Waals surface area contributed by atoms with E-state index in [-0.39, 0.29) is 12.1 Å². The maximum absolute atomic E-state index is 12.5. The van der Waals surface area contributed by atoms with E-state index >= 15 is 0 Å². The van der Waals surface area contributed by atoms with Gasteiger partial charge in [0, 0.05) is 44.1 Å². The lowest BCUT2D eigenvalue weighted by molar-refractivity contribution is 0.0878. The van der Waals surface area contributed by atoms with E-state index < -0.39 is 0 Å². The van der Waals surface area contributed by atoms with Crippen LogP contribution in [0.25, 0.3) is 10.1 Å². The highest BCUT2D eigenvalue weighted by Gasteiger charge is 2.38. The van der Waals surface area contributed by atoms with Crippen molar-refractivity contribution in [2.75, 3.05) is 32.1 Å². The van der Waals surface area contributed by atoms with Crippen LogP contribution in [0.3, 0.4) is 0 Å². The van der Waals surface area contributed by atoms with Gasteiger partial charge in [-0.05, 0) is 24.8 Å². The molecule has 4 heterocycles. The Morgan fingerprint density at radius 2 is 2.36 bits per heavy atom. The Balaban J connectivity index is 1.57. The quantitative estimate of drug-likeness (QED) is 0.942. The van der Waals surface area contributed by atoms with E-state index in [0.29, 0.717) is 5.69 Å². The summed E-state index contributed by atoms with van der Waals surface area (Å²) < 4.78 is 1.11. The highest BCUT2D eigenvalue weighted by Crippen LogP contribution is 2.33. The molecule has 4 rings (SSSR count). The normalized spacial score (nSPS) is 26.5. The smallest absolute Gasteiger partial charge is 0.271 e. The van der Waals surface area contributed by atoms with Crippen LogP contribution >= 0.6 is 11.3 Å². The number of carbonyl (C=O) groups excluding carboxylic acids is 1. The minimum atomic E-state index is -0.0599. The first-order valence-corrected chi connectivity index (χ1v) is 8.59. The number of fused-ring (bicyclic) bond motifs is 3. The molecular weight excluding hydrogens is 296 g/mol. The number of aromatic nitrogens is 1. The molecule has 0 aliphatic carbocycles. The molecule has 2 aliphatic rings. The van der Waals surface area contributed by atoms with Gasteiger partial charge >= 0.3 is 0 Å². The fourth-order valence-corrected chi connectivity index (χ4v) is 4.55. The van der Waals surface area contributed by atoms with E-state index in [1.165, 1.54) is 6.42 Å². The molecule has 2 saturated heterocycles. The SMILES string of the molecule is CN(C)c1csc2cnc(C(=O)NC3CC4CCN3C4)cc12. The van der Waals surface area contributed by atoms with Gasteiger partial charge < -0.3 is 10.2 Å². The van der Waals surface area contributed by atoms with Crippen molar-refractivity contribution in [1.29, 1.82) is 0 Å². The number of thiophene rings is 1. The molecule has 6 heteroatoms. The lowest BCUT2D eigenvalue weighted by atomic mass is 10.0. The predicted molar refractivity (Wildman–Crippen MR) is 89.5 cm³/mol. The van der Waals surface area contributed by atoms with Crippen molar-refractivity contribution in [3.8, 4) is 0 Å². The number of nitrogens with zero attached hydrogens (tertiary/aromatic N) is 3. The Morgan fingerprint density at radius 3 is 3.05 bits per heavy atom. The Labute approximate surface area is 133 Å². The van der Waals surface area contributed by atoms with Crippen LogP contribution in [0.1, 0.15) is 23.3 Å². The van der Waals surface area contributed by atoms with Gasteiger partial charge in [0.05, 0.1) is 16.6 Å². The molecule has 2 aromatic rings. The van der Waals surface area contributed by atoms with Crippen LogP contribution in [0.5, 0.6) is 0 Å². The van der Waals surface area contributed by atoms with Crippen molar-refractivity contribution in [2.45, 2.75) is 19.0 Å². The molecule has 3 unspecified atom stereocenters. The lowest BCUT2D eigenvalue weighted by Gasteiger charge is -2.25. The minimum absolute atomic E-state index is 0.0599. The zero-order chi connectivity index (χ0) is 15.3. The molecular formula is C16H20N4OS. The van der Waals surface area contributed by atoms with Gasteiger partial charge in [0.1, 0.15) is 5.69 Å². The summed E-state index contributed by atoms with van der Waals surface area (Å²) in [5.74, 6) is 0.702. The molecule has 0 radical (unpaired) electrons. The molecule has 2 bridgehead atoms. The largest absolute Gasteiger partial charge is 0.376 e. The van der Waals surface area contributed by atoms with Gasteiger partial charge in [-0.25, -0.2) is 4.98 Å². The fourth-order valence-electron chi connectivity index (χ4n) is 3.57. The molecule has 5 nitrogen and oxygen atoms in total. The maximum Gasteiger partial charge on any atom is 0.271 e. The monoisotopic (exact) mass is 316 g/mol. The third-order valence-electron chi connectivity index (χ3n) is 4.77. The van der Waals surface area contributed by atoms with Crippen LogP contribution in [-0.2, 0) is 0 Å². The van der Waals surface area contributed by atoms with E-state index in [2.05, 4.69) is 25.5 Å². The number of carbonyl (C=O) groups is 1. The number of nitrogens with one attached hydrogen (secondary N) is 1. The van der Waals surface area contributed by atoms with Crippen molar-refractivity contribution < 1.29 is 4.79 Å². The van der Waals surface area contributed by atoms with Crippen molar-refractivity contribution in [3.05, 3.63) is 23.3 Å². The third-order valence-corrected chi connectivity index (χ3v) is 5.69. The summed E-state index contributed by atoms with van der Waals surface area (Å²) in [6.07, 6.45) is 4.36. The van der Waals surface area contributed by atoms with Crippen LogP contribution < -0.4 is 10.2 Å². The second-order valence-corrected chi connectivity index (χ2v) is 7.37. The molecule has 1 N–H and O–H groups in total. The predicted octanol–water partition coefficient (Wildman–Crippen LogP) is 2.14. The second-order valence-electron chi connectivity index (χ2n) is 6.46. The average Bonchev–Trinajstić information content (AvgIpc) is 3.20. The lowest BCUT2D eigenvalue weighted by Crippen LogP contribution is -2.45. The van der Waals surface area contributed by atoms with E-state index in [1.807, 2.05) is 26.4 Å². The summed E-state index contributed by atoms with van der Waals surface area (Å²) in [5, 5.41) is 6.35. The minimum Gasteiger partial charge on any atom is -0.376 e. The van der Waals surface area contributed by atoms with Crippen LogP contribution in [-0.4, -0.2) is 49.1 Å². The molecule has 2 fully saturated rings. The second kappa shape index (κ2) is 5.21. The molecule has 116 valence electrons. The molecule has 0 saturated carbocycles. The first-order valence-electron chi connectivity index (χ1n) is 7.71. The average molecular weight is 316 g/mol. The highest BCUT2D eigenvalue weighted by molar-refractivity contribution is 7.17. The Morgan fingerprint density at radius 1 is 1.50 bits per heavy atom. The van der Waals surface area contributed by atoms with Crippen molar-refractivity contribution in [2.24, 2.45) is 5.92 Å². The number of piperidine rings is 1. The maximum atomic E-state index is 12.5. The number of hydrogen-bond donors (Lipinski definition) is 1. The summed E-state index contributed by atoms with van der Waals surface area (Å²) >= 11 is 1.66. The summed E-state index contributed by atoms with van der Waals surface area (Å²) in [6.45, 7) is 2.24. The molecule has 3 atom stereocenters. The fraction of sp³-hybridized carbons (Fsp3) is 0.500. The number of pyridine rings is 1. The Kier molecular flexibility index (Phi) is 3.31. The Bertz CT molecular complexity index is 726. The van der Waals surface area contributed by atoms with Crippen LogP contribution in [0.2, 0.25) is 0 Å². The summed E-state index contributed by atoms with van der Waals surface area (Å²) in [5.41, 5.74) is 1.65. The van der Waals surface area contributed by atoms with Crippen LogP contribution in [0.4, 0.5) is 5.69 Å². The van der Waals surface area contributed by atoms with Gasteiger partial charge in [-0.3, -0.25) is 9.69 Å². The van der Waals surface area contributed by atoms with Gasteiger partial charge in [-0.15, -0.1) is 11.3 Å². The highest BCUT2D eigenvalue weighted by atomic mass is 32.1. The van der Waals surface area contributed by atoms with E-state index in [1.54, 1.807) is 11.3 Å². The van der Waals surface area contributed by atoms with Crippen molar-refractivity contribution in [1.82, 2.24) is 15.2 Å². The zero-order valence-electron chi connectivity index (χ0n) is 12.9. The van der Waals surface area contributed by atoms with E-state index in [0.717, 1.165) is 41.2 Å². The van der Waals surface area contributed by atoms with E-state index in [4.69, 9.17) is 0 Å². The summed E-state index contributed by atoms with van der Waals surface area (Å²) in [7, 11) is 4.04. The number of rotatable bonds is 3. The topological polar surface area (TPSA) is 48.5 Å². The van der Waals surface area contributed by atoms with Gasteiger partial charge in [0.15, 0.2) is 0 Å². The summed E-state index contributed by atoms with van der Waals surface area (Å²) in [4.78, 5) is 21.3. The summed E-state index contributed by atoms with van der Waals surface area (Å²) in [6, 6.07) is 1.92. The molecule has 0 spiro atoms.